The Balaban J connectivity index is 1.96. The minimum atomic E-state index is -3.86. The summed E-state index contributed by atoms with van der Waals surface area (Å²) in [7, 11) is -0.987. The maximum atomic E-state index is 12.9. The summed E-state index contributed by atoms with van der Waals surface area (Å²) in [6.45, 7) is 3.95. The number of pyridine rings is 1. The largest absolute Gasteiger partial charge is 0.493 e. The molecule has 7 heteroatoms. The molecular weight excluding hydrogens is 376 g/mol. The third-order valence-corrected chi connectivity index (χ3v) is 5.87. The summed E-state index contributed by atoms with van der Waals surface area (Å²) < 4.78 is 38.9. The molecule has 0 bridgehead atoms. The van der Waals surface area contributed by atoms with Crippen LogP contribution in [0.2, 0.25) is 0 Å². The Morgan fingerprint density at radius 3 is 2.36 bits per heavy atom. The monoisotopic (exact) mass is 398 g/mol. The van der Waals surface area contributed by atoms with Crippen LogP contribution < -0.4 is 14.2 Å². The number of para-hydroxylation sites is 1. The summed E-state index contributed by atoms with van der Waals surface area (Å²) in [4.78, 5) is 4.20. The van der Waals surface area contributed by atoms with Crippen molar-refractivity contribution in [2.24, 2.45) is 0 Å². The molecule has 0 aliphatic carbocycles. The Kier molecular flexibility index (Phi) is 5.56. The summed E-state index contributed by atoms with van der Waals surface area (Å²) >= 11 is 0. The maximum absolute atomic E-state index is 12.9. The van der Waals surface area contributed by atoms with Gasteiger partial charge in [0.2, 0.25) is 0 Å². The molecule has 0 spiro atoms. The van der Waals surface area contributed by atoms with Gasteiger partial charge < -0.3 is 9.47 Å². The lowest BCUT2D eigenvalue weighted by Gasteiger charge is -2.15. The predicted molar refractivity (Wildman–Crippen MR) is 110 cm³/mol. The van der Waals surface area contributed by atoms with E-state index in [1.807, 2.05) is 32.2 Å². The molecule has 0 aliphatic heterocycles. The molecule has 0 saturated heterocycles. The summed E-state index contributed by atoms with van der Waals surface area (Å²) in [5, 5.41) is 0. The van der Waals surface area contributed by atoms with E-state index in [0.717, 1.165) is 22.3 Å². The third kappa shape index (κ3) is 3.80. The van der Waals surface area contributed by atoms with E-state index in [2.05, 4.69) is 9.71 Å². The van der Waals surface area contributed by atoms with Gasteiger partial charge in [-0.25, -0.2) is 8.42 Å². The van der Waals surface area contributed by atoms with E-state index in [-0.39, 0.29) is 10.6 Å². The third-order valence-electron chi connectivity index (χ3n) is 4.46. The van der Waals surface area contributed by atoms with Gasteiger partial charge in [-0.2, -0.15) is 0 Å². The second-order valence-corrected chi connectivity index (χ2v) is 7.97. The highest BCUT2D eigenvalue weighted by Gasteiger charge is 2.22. The Labute approximate surface area is 165 Å². The number of aromatic nitrogens is 1. The van der Waals surface area contributed by atoms with Crippen LogP contribution >= 0.6 is 0 Å². The zero-order chi connectivity index (χ0) is 20.3. The van der Waals surface area contributed by atoms with E-state index in [9.17, 15) is 8.42 Å². The second kappa shape index (κ2) is 7.90. The van der Waals surface area contributed by atoms with Gasteiger partial charge in [0.05, 0.1) is 14.2 Å². The van der Waals surface area contributed by atoms with Crippen molar-refractivity contribution in [1.82, 2.24) is 4.98 Å². The van der Waals surface area contributed by atoms with Gasteiger partial charge in [-0.3, -0.25) is 9.71 Å². The van der Waals surface area contributed by atoms with Crippen molar-refractivity contribution in [3.8, 4) is 22.6 Å². The van der Waals surface area contributed by atoms with Gasteiger partial charge in [0.25, 0.3) is 10.0 Å². The van der Waals surface area contributed by atoms with Crippen LogP contribution in [0.25, 0.3) is 11.1 Å². The van der Waals surface area contributed by atoms with Gasteiger partial charge in [0, 0.05) is 23.6 Å². The van der Waals surface area contributed by atoms with Crippen molar-refractivity contribution < 1.29 is 17.9 Å². The normalized spacial score (nSPS) is 11.1. The number of anilines is 1. The quantitative estimate of drug-likeness (QED) is 0.674. The van der Waals surface area contributed by atoms with Gasteiger partial charge in [-0.05, 0) is 60.9 Å². The van der Waals surface area contributed by atoms with Crippen LogP contribution in [0.5, 0.6) is 11.5 Å². The molecule has 1 heterocycles. The lowest BCUT2D eigenvalue weighted by molar-refractivity contribution is 0.347. The molecule has 1 N–H and O–H groups in total. The zero-order valence-electron chi connectivity index (χ0n) is 16.2. The fraction of sp³-hybridized carbons (Fsp3) is 0.190. The van der Waals surface area contributed by atoms with E-state index >= 15 is 0 Å². The number of benzene rings is 2. The Bertz CT molecular complexity index is 1110. The first-order valence-electron chi connectivity index (χ1n) is 8.63. The number of hydrogen-bond acceptors (Lipinski definition) is 5. The Hall–Kier alpha value is -3.06. The van der Waals surface area contributed by atoms with Crippen molar-refractivity contribution >= 4 is 15.7 Å². The van der Waals surface area contributed by atoms with Crippen LogP contribution in [-0.4, -0.2) is 27.6 Å². The van der Waals surface area contributed by atoms with E-state index < -0.39 is 10.0 Å². The maximum Gasteiger partial charge on any atom is 0.265 e. The number of hydrogen-bond donors (Lipinski definition) is 1. The van der Waals surface area contributed by atoms with E-state index in [1.165, 1.54) is 20.3 Å². The number of methoxy groups -OCH3 is 2. The Morgan fingerprint density at radius 1 is 0.929 bits per heavy atom. The first-order valence-corrected chi connectivity index (χ1v) is 10.1. The summed E-state index contributed by atoms with van der Waals surface area (Å²) in [5.41, 5.74) is 4.53. The average molecular weight is 398 g/mol. The molecule has 6 nitrogen and oxygen atoms in total. The van der Waals surface area contributed by atoms with Crippen molar-refractivity contribution in [3.63, 3.8) is 0 Å². The minimum Gasteiger partial charge on any atom is -0.493 e. The van der Waals surface area contributed by atoms with Crippen molar-refractivity contribution in [1.29, 1.82) is 0 Å². The summed E-state index contributed by atoms with van der Waals surface area (Å²) in [5.74, 6) is 0.515. The van der Waals surface area contributed by atoms with Crippen LogP contribution in [0.1, 0.15) is 11.1 Å². The van der Waals surface area contributed by atoms with E-state index in [1.54, 1.807) is 30.5 Å². The fourth-order valence-corrected chi connectivity index (χ4v) is 4.29. The summed E-state index contributed by atoms with van der Waals surface area (Å²) in [6.07, 6.45) is 3.56. The van der Waals surface area contributed by atoms with Gasteiger partial charge in [-0.1, -0.05) is 12.1 Å². The molecule has 0 radical (unpaired) electrons. The molecule has 146 valence electrons. The number of aryl methyl sites for hydroxylation is 2. The highest BCUT2D eigenvalue weighted by atomic mass is 32.2. The van der Waals surface area contributed by atoms with E-state index in [4.69, 9.17) is 9.47 Å². The molecule has 0 atom stereocenters. The zero-order valence-corrected chi connectivity index (χ0v) is 17.0. The summed E-state index contributed by atoms with van der Waals surface area (Å²) in [6, 6.07) is 12.1. The molecule has 1 aromatic heterocycles. The van der Waals surface area contributed by atoms with Crippen molar-refractivity contribution in [2.45, 2.75) is 18.7 Å². The lowest BCUT2D eigenvalue weighted by Crippen LogP contribution is -2.14. The minimum absolute atomic E-state index is 0.0131. The highest BCUT2D eigenvalue weighted by molar-refractivity contribution is 7.92. The fourth-order valence-electron chi connectivity index (χ4n) is 3.05. The SMILES string of the molecule is COc1cccc(S(=O)(=O)Nc2ccc(-c3cnccc3C)c(C)c2)c1OC. The number of nitrogens with one attached hydrogen (secondary N) is 1. The van der Waals surface area contributed by atoms with Gasteiger partial charge in [0.15, 0.2) is 11.5 Å². The van der Waals surface area contributed by atoms with Crippen LogP contribution in [-0.2, 0) is 10.0 Å². The van der Waals surface area contributed by atoms with Crippen LogP contribution in [0, 0.1) is 13.8 Å². The molecule has 2 aromatic carbocycles. The number of ether oxygens (including phenoxy) is 2. The Morgan fingerprint density at radius 2 is 1.71 bits per heavy atom. The first kappa shape index (κ1) is 19.7. The van der Waals surface area contributed by atoms with Gasteiger partial charge in [0.1, 0.15) is 4.90 Å². The molecule has 0 saturated carbocycles. The van der Waals surface area contributed by atoms with Crippen LogP contribution in [0.3, 0.4) is 0 Å². The molecule has 28 heavy (non-hydrogen) atoms. The smallest absolute Gasteiger partial charge is 0.265 e. The molecule has 3 rings (SSSR count). The molecule has 0 aliphatic rings. The number of sulfonamides is 1. The topological polar surface area (TPSA) is 77.5 Å². The number of rotatable bonds is 6. The molecular formula is C21H22N2O4S. The van der Waals surface area contributed by atoms with E-state index in [0.29, 0.717) is 11.4 Å². The molecule has 0 fully saturated rings. The predicted octanol–water partition coefficient (Wildman–Crippen LogP) is 4.18. The van der Waals surface area contributed by atoms with Crippen molar-refractivity contribution in [3.05, 3.63) is 66.0 Å². The van der Waals surface area contributed by atoms with Crippen LogP contribution in [0.4, 0.5) is 5.69 Å². The molecule has 3 aromatic rings. The molecule has 0 amide bonds. The molecule has 0 unspecified atom stereocenters. The number of nitrogens with zero attached hydrogens (tertiary/aromatic N) is 1. The van der Waals surface area contributed by atoms with Gasteiger partial charge in [-0.15, -0.1) is 0 Å². The second-order valence-electron chi connectivity index (χ2n) is 6.32. The first-order chi connectivity index (χ1) is 13.4. The lowest BCUT2D eigenvalue weighted by atomic mass is 9.98. The van der Waals surface area contributed by atoms with Crippen LogP contribution in [0.15, 0.2) is 59.8 Å². The van der Waals surface area contributed by atoms with Gasteiger partial charge >= 0.3 is 0 Å². The highest BCUT2D eigenvalue weighted by Crippen LogP contribution is 2.35. The average Bonchev–Trinajstić information content (AvgIpc) is 2.68. The van der Waals surface area contributed by atoms with Crippen molar-refractivity contribution in [2.75, 3.05) is 18.9 Å². The standard InChI is InChI=1S/C21H22N2O4S/c1-14-10-11-22-13-18(14)17-9-8-16(12-15(17)2)23-28(24,25)20-7-5-6-19(26-3)21(20)27-4/h5-13,23H,1-4H3.